The monoisotopic (exact) mass is 341 g/mol. The van der Waals surface area contributed by atoms with Crippen molar-refractivity contribution in [2.45, 2.75) is 25.3 Å². The van der Waals surface area contributed by atoms with E-state index in [0.717, 1.165) is 12.8 Å². The largest absolute Gasteiger partial charge is 0.478 e. The summed E-state index contributed by atoms with van der Waals surface area (Å²) < 4.78 is 0.604. The van der Waals surface area contributed by atoms with Crippen molar-refractivity contribution in [1.82, 2.24) is 10.3 Å². The third-order valence-corrected chi connectivity index (χ3v) is 3.82. The lowest BCUT2D eigenvalue weighted by Crippen LogP contribution is -2.49. The summed E-state index contributed by atoms with van der Waals surface area (Å²) in [5.41, 5.74) is 0.107. The Labute approximate surface area is 125 Å². The molecule has 0 aliphatic carbocycles. The molecule has 7 heteroatoms. The molecule has 1 saturated heterocycles. The molecule has 0 radical (unpaired) electrons. The predicted octanol–water partition coefficient (Wildman–Crippen LogP) is 1.65. The van der Waals surface area contributed by atoms with Crippen LogP contribution in [0.5, 0.6) is 0 Å². The minimum atomic E-state index is -1.05. The van der Waals surface area contributed by atoms with Crippen LogP contribution in [0.2, 0.25) is 0 Å². The lowest BCUT2D eigenvalue weighted by atomic mass is 10.0. The van der Waals surface area contributed by atoms with E-state index in [4.69, 9.17) is 0 Å². The number of carboxylic acids is 1. The zero-order chi connectivity index (χ0) is 14.7. The molecule has 2 N–H and O–H groups in total. The normalized spacial score (nSPS) is 18.7. The number of anilines is 1. The minimum absolute atomic E-state index is 0.106. The van der Waals surface area contributed by atoms with Gasteiger partial charge in [-0.2, -0.15) is 0 Å². The van der Waals surface area contributed by atoms with E-state index in [-0.39, 0.29) is 17.5 Å². The van der Waals surface area contributed by atoms with Crippen LogP contribution >= 0.6 is 15.9 Å². The Balaban J connectivity index is 2.42. The third-order valence-electron chi connectivity index (χ3n) is 3.39. The molecule has 1 atom stereocenters. The van der Waals surface area contributed by atoms with Gasteiger partial charge in [0.2, 0.25) is 5.91 Å². The SMILES string of the molecule is CNC(=O)C1CCCCN1c1ncc(Br)cc1C(=O)O. The van der Waals surface area contributed by atoms with Gasteiger partial charge in [0.15, 0.2) is 0 Å². The first-order chi connectivity index (χ1) is 9.54. The van der Waals surface area contributed by atoms with Crippen LogP contribution in [-0.4, -0.2) is 41.6 Å². The molecule has 1 unspecified atom stereocenters. The third kappa shape index (κ3) is 2.92. The number of halogens is 1. The number of nitrogens with one attached hydrogen (secondary N) is 1. The van der Waals surface area contributed by atoms with E-state index in [9.17, 15) is 14.7 Å². The van der Waals surface area contributed by atoms with Crippen molar-refractivity contribution >= 4 is 33.6 Å². The van der Waals surface area contributed by atoms with Crippen LogP contribution in [0.15, 0.2) is 16.7 Å². The maximum absolute atomic E-state index is 12.0. The highest BCUT2D eigenvalue weighted by atomic mass is 79.9. The number of piperidine rings is 1. The molecule has 20 heavy (non-hydrogen) atoms. The lowest BCUT2D eigenvalue weighted by Gasteiger charge is -2.35. The van der Waals surface area contributed by atoms with Crippen molar-refractivity contribution in [1.29, 1.82) is 0 Å². The highest BCUT2D eigenvalue weighted by molar-refractivity contribution is 9.10. The molecule has 1 aliphatic rings. The Kier molecular flexibility index (Phi) is 4.59. The number of carboxylic acid groups (broad SMARTS) is 1. The summed E-state index contributed by atoms with van der Waals surface area (Å²) in [7, 11) is 1.59. The topological polar surface area (TPSA) is 82.5 Å². The predicted molar refractivity (Wildman–Crippen MR) is 77.9 cm³/mol. The summed E-state index contributed by atoms with van der Waals surface area (Å²) >= 11 is 3.22. The van der Waals surface area contributed by atoms with Crippen LogP contribution in [0, 0.1) is 0 Å². The number of amides is 1. The van der Waals surface area contributed by atoms with E-state index < -0.39 is 5.97 Å². The second-order valence-electron chi connectivity index (χ2n) is 4.65. The van der Waals surface area contributed by atoms with Crippen LogP contribution < -0.4 is 10.2 Å². The Bertz CT molecular complexity index is 536. The van der Waals surface area contributed by atoms with E-state index in [0.29, 0.717) is 23.3 Å². The number of pyridine rings is 1. The summed E-state index contributed by atoms with van der Waals surface area (Å²) in [6.07, 6.45) is 4.13. The molecule has 1 aromatic heterocycles. The number of carbonyl (C=O) groups is 2. The van der Waals surface area contributed by atoms with Gasteiger partial charge in [-0.05, 0) is 41.3 Å². The van der Waals surface area contributed by atoms with Crippen molar-refractivity contribution in [3.8, 4) is 0 Å². The molecule has 108 valence electrons. The number of aromatic nitrogens is 1. The van der Waals surface area contributed by atoms with Gasteiger partial charge < -0.3 is 15.3 Å². The van der Waals surface area contributed by atoms with Gasteiger partial charge in [-0.25, -0.2) is 9.78 Å². The summed E-state index contributed by atoms with van der Waals surface area (Å²) in [5, 5.41) is 11.9. The van der Waals surface area contributed by atoms with Crippen molar-refractivity contribution in [3.05, 3.63) is 22.3 Å². The lowest BCUT2D eigenvalue weighted by molar-refractivity contribution is -0.122. The zero-order valence-electron chi connectivity index (χ0n) is 11.1. The summed E-state index contributed by atoms with van der Waals surface area (Å²) in [5.74, 6) is -0.796. The fourth-order valence-corrected chi connectivity index (χ4v) is 2.77. The molecule has 1 amide bonds. The summed E-state index contributed by atoms with van der Waals surface area (Å²) in [6.45, 7) is 0.632. The van der Waals surface area contributed by atoms with Gasteiger partial charge in [-0.15, -0.1) is 0 Å². The van der Waals surface area contributed by atoms with Gasteiger partial charge >= 0.3 is 5.97 Å². The second kappa shape index (κ2) is 6.21. The van der Waals surface area contributed by atoms with E-state index in [1.165, 1.54) is 6.07 Å². The number of likely N-dealkylation sites (N-methyl/N-ethyl adjacent to an activating group) is 1. The number of aromatic carboxylic acids is 1. The molecule has 1 fully saturated rings. The van der Waals surface area contributed by atoms with Gasteiger partial charge in [-0.1, -0.05) is 0 Å². The molecule has 2 heterocycles. The quantitative estimate of drug-likeness (QED) is 0.873. The van der Waals surface area contributed by atoms with E-state index in [1.807, 2.05) is 0 Å². The van der Waals surface area contributed by atoms with Crippen molar-refractivity contribution in [3.63, 3.8) is 0 Å². The van der Waals surface area contributed by atoms with Gasteiger partial charge in [0.25, 0.3) is 0 Å². The van der Waals surface area contributed by atoms with E-state index in [2.05, 4.69) is 26.2 Å². The molecule has 0 spiro atoms. The maximum Gasteiger partial charge on any atom is 0.339 e. The fourth-order valence-electron chi connectivity index (χ4n) is 2.44. The minimum Gasteiger partial charge on any atom is -0.478 e. The first-order valence-corrected chi connectivity index (χ1v) is 7.21. The average Bonchev–Trinajstić information content (AvgIpc) is 2.46. The Hall–Kier alpha value is -1.63. The summed E-state index contributed by atoms with van der Waals surface area (Å²) in [6, 6.07) is 1.15. The van der Waals surface area contributed by atoms with Crippen molar-refractivity contribution in [2.75, 3.05) is 18.5 Å². The fraction of sp³-hybridized carbons (Fsp3) is 0.462. The van der Waals surface area contributed by atoms with Gasteiger partial charge in [-0.3, -0.25) is 4.79 Å². The highest BCUT2D eigenvalue weighted by Crippen LogP contribution is 2.28. The number of carbonyl (C=O) groups excluding carboxylic acids is 1. The van der Waals surface area contributed by atoms with Crippen LogP contribution in [0.1, 0.15) is 29.6 Å². The standard InChI is InChI=1S/C13H16BrN3O3/c1-15-12(18)10-4-2-3-5-17(10)11-9(13(19)20)6-8(14)7-16-11/h6-7,10H,2-5H2,1H3,(H,15,18)(H,19,20). The van der Waals surface area contributed by atoms with Gasteiger partial charge in [0, 0.05) is 24.3 Å². The maximum atomic E-state index is 12.0. The molecular weight excluding hydrogens is 326 g/mol. The Morgan fingerprint density at radius 1 is 1.50 bits per heavy atom. The van der Waals surface area contributed by atoms with Crippen LogP contribution in [0.3, 0.4) is 0 Å². The van der Waals surface area contributed by atoms with Crippen molar-refractivity contribution < 1.29 is 14.7 Å². The first kappa shape index (κ1) is 14.8. The van der Waals surface area contributed by atoms with Crippen LogP contribution in [0.4, 0.5) is 5.82 Å². The smallest absolute Gasteiger partial charge is 0.339 e. The zero-order valence-corrected chi connectivity index (χ0v) is 12.7. The van der Waals surface area contributed by atoms with Gasteiger partial charge in [0.1, 0.15) is 17.4 Å². The first-order valence-electron chi connectivity index (χ1n) is 6.41. The number of nitrogens with zero attached hydrogens (tertiary/aromatic N) is 2. The molecular formula is C13H16BrN3O3. The van der Waals surface area contributed by atoms with E-state index in [1.54, 1.807) is 18.1 Å². The molecule has 1 aromatic rings. The highest BCUT2D eigenvalue weighted by Gasteiger charge is 2.31. The van der Waals surface area contributed by atoms with Crippen LogP contribution in [0.25, 0.3) is 0 Å². The second-order valence-corrected chi connectivity index (χ2v) is 5.56. The molecule has 0 aromatic carbocycles. The molecule has 0 saturated carbocycles. The number of hydrogen-bond donors (Lipinski definition) is 2. The summed E-state index contributed by atoms with van der Waals surface area (Å²) in [4.78, 5) is 29.3. The number of rotatable bonds is 3. The Morgan fingerprint density at radius 2 is 2.25 bits per heavy atom. The average molecular weight is 342 g/mol. The molecule has 2 rings (SSSR count). The van der Waals surface area contributed by atoms with Crippen LogP contribution in [-0.2, 0) is 4.79 Å². The Morgan fingerprint density at radius 3 is 2.90 bits per heavy atom. The number of hydrogen-bond acceptors (Lipinski definition) is 4. The molecule has 1 aliphatic heterocycles. The van der Waals surface area contributed by atoms with Crippen molar-refractivity contribution in [2.24, 2.45) is 0 Å². The van der Waals surface area contributed by atoms with Gasteiger partial charge in [0.05, 0.1) is 0 Å². The molecule has 0 bridgehead atoms. The molecule has 6 nitrogen and oxygen atoms in total. The van der Waals surface area contributed by atoms with E-state index >= 15 is 0 Å².